The maximum atomic E-state index is 6.20. The molecule has 2 aromatic rings. The van der Waals surface area contributed by atoms with Crippen LogP contribution in [0, 0.1) is 5.92 Å². The van der Waals surface area contributed by atoms with Gasteiger partial charge in [0.2, 0.25) is 0 Å². The fourth-order valence-corrected chi connectivity index (χ4v) is 3.44. The molecule has 0 amide bonds. The van der Waals surface area contributed by atoms with Gasteiger partial charge in [-0.15, -0.1) is 6.58 Å². The van der Waals surface area contributed by atoms with E-state index in [4.69, 9.17) is 4.74 Å². The third kappa shape index (κ3) is 3.72. The Kier molecular flexibility index (Phi) is 6.14. The van der Waals surface area contributed by atoms with Crippen molar-refractivity contribution in [1.82, 2.24) is 4.90 Å². The Labute approximate surface area is 140 Å². The largest absolute Gasteiger partial charge is 0.368 e. The summed E-state index contributed by atoms with van der Waals surface area (Å²) < 4.78 is 6.20. The molecule has 2 rings (SSSR count). The molecule has 2 aromatic carbocycles. The number of hydrogen-bond acceptors (Lipinski definition) is 2. The lowest BCUT2D eigenvalue weighted by molar-refractivity contribution is -0.0315. The Balaban J connectivity index is 2.48. The molecule has 0 saturated heterocycles. The standard InChI is InChI=1S/C21H27NO/c1-5-16-22(3)17-18(2)21(23-4,19-12-8-6-9-13-19)20-14-10-7-11-15-20/h5-15,18H,1,16-17H2,2-4H3. The lowest BCUT2D eigenvalue weighted by Crippen LogP contribution is -2.42. The highest BCUT2D eigenvalue weighted by Gasteiger charge is 2.40. The number of benzene rings is 2. The van der Waals surface area contributed by atoms with Crippen LogP contribution < -0.4 is 0 Å². The Hall–Kier alpha value is -1.90. The summed E-state index contributed by atoms with van der Waals surface area (Å²) in [6.45, 7) is 7.88. The molecule has 0 heterocycles. The summed E-state index contributed by atoms with van der Waals surface area (Å²) in [5, 5.41) is 0. The maximum absolute atomic E-state index is 6.20. The zero-order valence-electron chi connectivity index (χ0n) is 14.4. The van der Waals surface area contributed by atoms with Gasteiger partial charge in [0, 0.05) is 26.1 Å². The van der Waals surface area contributed by atoms with Crippen molar-refractivity contribution in [2.24, 2.45) is 5.92 Å². The predicted octanol–water partition coefficient (Wildman–Crippen LogP) is 4.33. The van der Waals surface area contributed by atoms with Crippen molar-refractivity contribution in [3.8, 4) is 0 Å². The molecule has 0 N–H and O–H groups in total. The minimum absolute atomic E-state index is 0.280. The van der Waals surface area contributed by atoms with E-state index in [0.29, 0.717) is 0 Å². The van der Waals surface area contributed by atoms with Crippen molar-refractivity contribution >= 4 is 0 Å². The minimum atomic E-state index is -0.460. The molecule has 1 atom stereocenters. The van der Waals surface area contributed by atoms with Crippen LogP contribution in [0.3, 0.4) is 0 Å². The summed E-state index contributed by atoms with van der Waals surface area (Å²) in [5.74, 6) is 0.280. The van der Waals surface area contributed by atoms with Crippen LogP contribution in [0.15, 0.2) is 73.3 Å². The molecule has 2 heteroatoms. The van der Waals surface area contributed by atoms with Gasteiger partial charge in [-0.2, -0.15) is 0 Å². The summed E-state index contributed by atoms with van der Waals surface area (Å²) in [5.41, 5.74) is 1.92. The first-order chi connectivity index (χ1) is 11.1. The van der Waals surface area contributed by atoms with Crippen molar-refractivity contribution in [3.63, 3.8) is 0 Å². The van der Waals surface area contributed by atoms with E-state index in [9.17, 15) is 0 Å². The Morgan fingerprint density at radius 2 is 1.52 bits per heavy atom. The van der Waals surface area contributed by atoms with Crippen LogP contribution in [-0.4, -0.2) is 32.1 Å². The van der Waals surface area contributed by atoms with Gasteiger partial charge in [-0.1, -0.05) is 73.7 Å². The van der Waals surface area contributed by atoms with Crippen molar-refractivity contribution in [2.75, 3.05) is 27.2 Å². The SMILES string of the molecule is C=CCN(C)CC(C)C(OC)(c1ccccc1)c1ccccc1. The molecular weight excluding hydrogens is 282 g/mol. The topological polar surface area (TPSA) is 12.5 Å². The first kappa shape index (κ1) is 17.5. The van der Waals surface area contributed by atoms with E-state index in [-0.39, 0.29) is 5.92 Å². The molecule has 23 heavy (non-hydrogen) atoms. The monoisotopic (exact) mass is 309 g/mol. The molecule has 0 fully saturated rings. The van der Waals surface area contributed by atoms with Crippen LogP contribution in [0.1, 0.15) is 18.1 Å². The molecule has 0 aliphatic carbocycles. The zero-order chi connectivity index (χ0) is 16.7. The van der Waals surface area contributed by atoms with Crippen LogP contribution >= 0.6 is 0 Å². The molecule has 2 nitrogen and oxygen atoms in total. The van der Waals surface area contributed by atoms with Crippen molar-refractivity contribution in [1.29, 1.82) is 0 Å². The fraction of sp³-hybridized carbons (Fsp3) is 0.333. The summed E-state index contributed by atoms with van der Waals surface area (Å²) >= 11 is 0. The lowest BCUT2D eigenvalue weighted by atomic mass is 9.76. The summed E-state index contributed by atoms with van der Waals surface area (Å²) in [6.07, 6.45) is 1.94. The third-order valence-corrected chi connectivity index (χ3v) is 4.45. The molecule has 122 valence electrons. The number of hydrogen-bond donors (Lipinski definition) is 0. The average Bonchev–Trinajstić information content (AvgIpc) is 2.58. The molecule has 0 aromatic heterocycles. The molecule has 0 spiro atoms. The van der Waals surface area contributed by atoms with Gasteiger partial charge in [0.25, 0.3) is 0 Å². The van der Waals surface area contributed by atoms with Crippen LogP contribution in [0.5, 0.6) is 0 Å². The highest BCUT2D eigenvalue weighted by Crippen LogP contribution is 2.40. The Bertz CT molecular complexity index is 554. The third-order valence-electron chi connectivity index (χ3n) is 4.45. The average molecular weight is 309 g/mol. The van der Waals surface area contributed by atoms with Crippen LogP contribution in [-0.2, 0) is 10.3 Å². The van der Waals surface area contributed by atoms with Crippen molar-refractivity contribution in [3.05, 3.63) is 84.4 Å². The van der Waals surface area contributed by atoms with Gasteiger partial charge < -0.3 is 9.64 Å². The number of ether oxygens (including phenoxy) is 1. The highest BCUT2D eigenvalue weighted by atomic mass is 16.5. The fourth-order valence-electron chi connectivity index (χ4n) is 3.44. The van der Waals surface area contributed by atoms with E-state index in [1.165, 1.54) is 11.1 Å². The quantitative estimate of drug-likeness (QED) is 0.673. The molecular formula is C21H27NO. The smallest absolute Gasteiger partial charge is 0.121 e. The van der Waals surface area contributed by atoms with Gasteiger partial charge in [0.05, 0.1) is 0 Å². The molecule has 1 unspecified atom stereocenters. The van der Waals surface area contributed by atoms with Gasteiger partial charge in [0.1, 0.15) is 5.60 Å². The minimum Gasteiger partial charge on any atom is -0.368 e. The van der Waals surface area contributed by atoms with E-state index in [0.717, 1.165) is 13.1 Å². The maximum Gasteiger partial charge on any atom is 0.121 e. The van der Waals surface area contributed by atoms with E-state index < -0.39 is 5.60 Å². The van der Waals surface area contributed by atoms with Crippen LogP contribution in [0.4, 0.5) is 0 Å². The van der Waals surface area contributed by atoms with Gasteiger partial charge in [0.15, 0.2) is 0 Å². The van der Waals surface area contributed by atoms with Gasteiger partial charge >= 0.3 is 0 Å². The number of methoxy groups -OCH3 is 1. The van der Waals surface area contributed by atoms with E-state index in [2.05, 4.69) is 74.0 Å². The number of likely N-dealkylation sites (N-methyl/N-ethyl adjacent to an activating group) is 1. The normalized spacial score (nSPS) is 13.0. The zero-order valence-corrected chi connectivity index (χ0v) is 14.4. The molecule has 0 radical (unpaired) electrons. The Morgan fingerprint density at radius 1 is 1.04 bits per heavy atom. The second-order valence-corrected chi connectivity index (χ2v) is 6.08. The van der Waals surface area contributed by atoms with Gasteiger partial charge in [-0.25, -0.2) is 0 Å². The highest BCUT2D eigenvalue weighted by molar-refractivity contribution is 5.37. The summed E-state index contributed by atoms with van der Waals surface area (Å²) in [4.78, 5) is 2.28. The second kappa shape index (κ2) is 8.09. The molecule has 0 aliphatic heterocycles. The van der Waals surface area contributed by atoms with Gasteiger partial charge in [-0.05, 0) is 18.2 Å². The van der Waals surface area contributed by atoms with Crippen molar-refractivity contribution < 1.29 is 4.74 Å². The first-order valence-electron chi connectivity index (χ1n) is 8.10. The van der Waals surface area contributed by atoms with Gasteiger partial charge in [-0.3, -0.25) is 0 Å². The lowest BCUT2D eigenvalue weighted by Gasteiger charge is -2.40. The molecule has 0 bridgehead atoms. The first-order valence-corrected chi connectivity index (χ1v) is 8.10. The van der Waals surface area contributed by atoms with Crippen LogP contribution in [0.2, 0.25) is 0 Å². The summed E-state index contributed by atoms with van der Waals surface area (Å²) in [7, 11) is 3.93. The Morgan fingerprint density at radius 3 is 1.91 bits per heavy atom. The van der Waals surface area contributed by atoms with Crippen LogP contribution in [0.25, 0.3) is 0 Å². The summed E-state index contributed by atoms with van der Waals surface area (Å²) in [6, 6.07) is 21.0. The van der Waals surface area contributed by atoms with E-state index >= 15 is 0 Å². The predicted molar refractivity (Wildman–Crippen MR) is 97.5 cm³/mol. The number of rotatable bonds is 8. The number of nitrogens with zero attached hydrogens (tertiary/aromatic N) is 1. The van der Waals surface area contributed by atoms with Crippen molar-refractivity contribution in [2.45, 2.75) is 12.5 Å². The second-order valence-electron chi connectivity index (χ2n) is 6.08. The van der Waals surface area contributed by atoms with E-state index in [1.54, 1.807) is 0 Å². The van der Waals surface area contributed by atoms with E-state index in [1.807, 2.05) is 25.3 Å². The molecule has 0 saturated carbocycles. The molecule has 0 aliphatic rings.